The second kappa shape index (κ2) is 7.63. The maximum atomic E-state index is 12.0. The molecular formula is C17H26O10. The van der Waals surface area contributed by atoms with Crippen LogP contribution in [0.2, 0.25) is 0 Å². The van der Waals surface area contributed by atoms with E-state index < -0.39 is 61.1 Å². The van der Waals surface area contributed by atoms with Crippen LogP contribution in [0.25, 0.3) is 0 Å². The van der Waals surface area contributed by atoms with Crippen molar-refractivity contribution in [1.82, 2.24) is 0 Å². The zero-order valence-electron chi connectivity index (χ0n) is 15.1. The lowest BCUT2D eigenvalue weighted by Gasteiger charge is -2.44. The quantitative estimate of drug-likeness (QED) is 0.340. The average molecular weight is 390 g/mol. The highest BCUT2D eigenvalue weighted by atomic mass is 16.8. The van der Waals surface area contributed by atoms with Gasteiger partial charge in [-0.05, 0) is 19.8 Å². The van der Waals surface area contributed by atoms with Crippen LogP contribution >= 0.6 is 0 Å². The van der Waals surface area contributed by atoms with E-state index in [1.54, 1.807) is 6.92 Å². The molecule has 1 aliphatic carbocycles. The molecule has 0 aromatic carbocycles. The normalized spacial score (nSPS) is 47.0. The topological polar surface area (TPSA) is 155 Å². The van der Waals surface area contributed by atoms with E-state index >= 15 is 0 Å². The van der Waals surface area contributed by atoms with E-state index in [9.17, 15) is 30.3 Å². The van der Waals surface area contributed by atoms with Crippen molar-refractivity contribution in [3.63, 3.8) is 0 Å². The summed E-state index contributed by atoms with van der Waals surface area (Å²) in [5.74, 6) is -1.59. The molecule has 154 valence electrons. The van der Waals surface area contributed by atoms with Crippen LogP contribution in [0, 0.1) is 11.8 Å². The Balaban J connectivity index is 1.82. The first-order valence-corrected chi connectivity index (χ1v) is 8.83. The number of aliphatic hydroxyl groups excluding tert-OH is 4. The fraction of sp³-hybridized carbons (Fsp3) is 0.824. The van der Waals surface area contributed by atoms with Gasteiger partial charge in [0.05, 0.1) is 37.1 Å². The van der Waals surface area contributed by atoms with E-state index in [2.05, 4.69) is 0 Å². The van der Waals surface area contributed by atoms with Crippen molar-refractivity contribution in [1.29, 1.82) is 0 Å². The highest BCUT2D eigenvalue weighted by molar-refractivity contribution is 5.89. The second-order valence-corrected chi connectivity index (χ2v) is 7.43. The minimum atomic E-state index is -1.60. The van der Waals surface area contributed by atoms with Gasteiger partial charge in [-0.1, -0.05) is 0 Å². The van der Waals surface area contributed by atoms with E-state index in [0.717, 1.165) is 0 Å². The van der Waals surface area contributed by atoms with Crippen LogP contribution in [-0.4, -0.2) is 87.8 Å². The fourth-order valence-electron chi connectivity index (χ4n) is 4.12. The van der Waals surface area contributed by atoms with Gasteiger partial charge >= 0.3 is 5.97 Å². The van der Waals surface area contributed by atoms with Crippen molar-refractivity contribution >= 4 is 5.97 Å². The molecule has 5 N–H and O–H groups in total. The van der Waals surface area contributed by atoms with Gasteiger partial charge in [0.25, 0.3) is 0 Å². The Hall–Kier alpha value is -1.27. The number of methoxy groups -OCH3 is 1. The van der Waals surface area contributed by atoms with E-state index in [-0.39, 0.29) is 11.5 Å². The first-order valence-electron chi connectivity index (χ1n) is 8.83. The molecule has 2 fully saturated rings. The van der Waals surface area contributed by atoms with Crippen molar-refractivity contribution in [2.45, 2.75) is 62.4 Å². The summed E-state index contributed by atoms with van der Waals surface area (Å²) in [7, 11) is 1.25. The molecule has 1 saturated carbocycles. The monoisotopic (exact) mass is 390 g/mol. The van der Waals surface area contributed by atoms with Crippen LogP contribution < -0.4 is 0 Å². The highest BCUT2D eigenvalue weighted by Gasteiger charge is 2.56. The Morgan fingerprint density at radius 2 is 1.96 bits per heavy atom. The van der Waals surface area contributed by atoms with Crippen molar-refractivity contribution < 1.29 is 49.3 Å². The first-order chi connectivity index (χ1) is 12.7. The lowest BCUT2D eigenvalue weighted by Crippen LogP contribution is -2.60. The first kappa shape index (κ1) is 20.5. The number of aliphatic hydroxyl groups is 5. The molecule has 2 heterocycles. The average Bonchev–Trinajstić information content (AvgIpc) is 2.97. The Bertz CT molecular complexity index is 588. The van der Waals surface area contributed by atoms with Crippen LogP contribution in [0.4, 0.5) is 0 Å². The number of hydrogen-bond donors (Lipinski definition) is 5. The molecular weight excluding hydrogens is 364 g/mol. The molecule has 1 unspecified atom stereocenters. The number of hydrogen-bond acceptors (Lipinski definition) is 10. The van der Waals surface area contributed by atoms with Gasteiger partial charge in [0.1, 0.15) is 24.4 Å². The van der Waals surface area contributed by atoms with Crippen LogP contribution in [0.5, 0.6) is 0 Å². The van der Waals surface area contributed by atoms with Crippen molar-refractivity contribution in [2.24, 2.45) is 11.8 Å². The highest BCUT2D eigenvalue weighted by Crippen LogP contribution is 2.49. The molecule has 0 spiro atoms. The molecule has 2 aliphatic heterocycles. The molecule has 9 atom stereocenters. The maximum Gasteiger partial charge on any atom is 0.337 e. The van der Waals surface area contributed by atoms with E-state index in [0.29, 0.717) is 12.8 Å². The zero-order valence-corrected chi connectivity index (χ0v) is 15.1. The van der Waals surface area contributed by atoms with Crippen LogP contribution in [-0.2, 0) is 23.7 Å². The Kier molecular flexibility index (Phi) is 5.78. The van der Waals surface area contributed by atoms with Crippen molar-refractivity contribution in [2.75, 3.05) is 13.7 Å². The minimum absolute atomic E-state index is 0.286. The number of rotatable bonds is 4. The third-order valence-electron chi connectivity index (χ3n) is 5.67. The van der Waals surface area contributed by atoms with Gasteiger partial charge in [-0.2, -0.15) is 0 Å². The Labute approximate surface area is 155 Å². The maximum absolute atomic E-state index is 12.0. The van der Waals surface area contributed by atoms with Crippen LogP contribution in [0.3, 0.4) is 0 Å². The van der Waals surface area contributed by atoms with E-state index in [4.69, 9.17) is 18.9 Å². The van der Waals surface area contributed by atoms with E-state index in [1.807, 2.05) is 0 Å². The van der Waals surface area contributed by atoms with Gasteiger partial charge in [0, 0.05) is 5.92 Å². The summed E-state index contributed by atoms with van der Waals surface area (Å²) in [5.41, 5.74) is -0.925. The Morgan fingerprint density at radius 3 is 2.59 bits per heavy atom. The van der Waals surface area contributed by atoms with Crippen LogP contribution in [0.15, 0.2) is 11.8 Å². The predicted molar refractivity (Wildman–Crippen MR) is 86.7 cm³/mol. The third-order valence-corrected chi connectivity index (χ3v) is 5.67. The molecule has 1 saturated heterocycles. The Morgan fingerprint density at radius 1 is 1.26 bits per heavy atom. The van der Waals surface area contributed by atoms with Gasteiger partial charge in [-0.15, -0.1) is 0 Å². The number of carbonyl (C=O) groups excluding carboxylic acids is 1. The summed E-state index contributed by atoms with van der Waals surface area (Å²) in [5, 5.41) is 49.9. The third kappa shape index (κ3) is 3.58. The molecule has 0 aromatic heterocycles. The summed E-state index contributed by atoms with van der Waals surface area (Å²) in [6.45, 7) is 1.01. The molecule has 0 amide bonds. The van der Waals surface area contributed by atoms with Gasteiger partial charge in [-0.25, -0.2) is 4.79 Å². The minimum Gasteiger partial charge on any atom is -0.471 e. The molecule has 0 bridgehead atoms. The molecule has 27 heavy (non-hydrogen) atoms. The van der Waals surface area contributed by atoms with Gasteiger partial charge in [-0.3, -0.25) is 0 Å². The summed E-state index contributed by atoms with van der Waals surface area (Å²) >= 11 is 0. The van der Waals surface area contributed by atoms with Gasteiger partial charge in [0.15, 0.2) is 6.29 Å². The smallest absolute Gasteiger partial charge is 0.337 e. The SMILES string of the molecule is COC(=O)C1=CO[C@@H](O[C@@H]2O[C@H](CO)[C@@H](O)[C@H](O)[C@H]2O)[C@H]2[C@@H]1CCC2(C)O. The number of fused-ring (bicyclic) bond motifs is 1. The molecule has 10 nitrogen and oxygen atoms in total. The van der Waals surface area contributed by atoms with E-state index in [1.165, 1.54) is 13.4 Å². The summed E-state index contributed by atoms with van der Waals surface area (Å²) < 4.78 is 21.3. The molecule has 3 aliphatic rings. The second-order valence-electron chi connectivity index (χ2n) is 7.43. The van der Waals surface area contributed by atoms with Crippen molar-refractivity contribution in [3.8, 4) is 0 Å². The summed E-state index contributed by atoms with van der Waals surface area (Å²) in [6, 6.07) is 0. The lowest BCUT2D eigenvalue weighted by atomic mass is 9.81. The molecule has 3 rings (SSSR count). The predicted octanol–water partition coefficient (Wildman–Crippen LogP) is -2.01. The number of carbonyl (C=O) groups is 1. The number of esters is 1. The fourth-order valence-corrected chi connectivity index (χ4v) is 4.12. The number of ether oxygens (including phenoxy) is 4. The summed E-state index contributed by atoms with van der Waals surface area (Å²) in [6.07, 6.45) is -6.19. The van der Waals surface area contributed by atoms with Gasteiger partial charge < -0.3 is 44.5 Å². The standard InChI is InChI=1S/C17H26O10/c1-17(23)4-3-7-8(14(22)24-2)6-25-15(10(7)17)27-16-13(21)12(20)11(19)9(5-18)26-16/h6-7,9-13,15-16,18-21,23H,3-5H2,1-2H3/t7-,9-,10-,11-,12+,13-,15+,16+,17?/m1/s1. The zero-order chi connectivity index (χ0) is 19.9. The van der Waals surface area contributed by atoms with Gasteiger partial charge in [0.2, 0.25) is 6.29 Å². The van der Waals surface area contributed by atoms with Crippen molar-refractivity contribution in [3.05, 3.63) is 11.8 Å². The molecule has 0 aromatic rings. The van der Waals surface area contributed by atoms with Crippen LogP contribution in [0.1, 0.15) is 19.8 Å². The molecule has 0 radical (unpaired) electrons. The molecule has 10 heteroatoms. The lowest BCUT2D eigenvalue weighted by molar-refractivity contribution is -0.346. The summed E-state index contributed by atoms with van der Waals surface area (Å²) in [4.78, 5) is 12.0. The largest absolute Gasteiger partial charge is 0.471 e.